The van der Waals surface area contributed by atoms with Crippen molar-refractivity contribution < 1.29 is 23.6 Å². The second-order valence-electron chi connectivity index (χ2n) is 4.35. The number of amides is 1. The number of halogens is 1. The van der Waals surface area contributed by atoms with Crippen LogP contribution in [0.25, 0.3) is 11.4 Å². The third-order valence-corrected chi connectivity index (χ3v) is 3.24. The molecule has 1 fully saturated rings. The van der Waals surface area contributed by atoms with E-state index >= 15 is 0 Å². The summed E-state index contributed by atoms with van der Waals surface area (Å²) in [6.07, 6.45) is -1.48. The highest BCUT2D eigenvalue weighted by atomic mass is 35.5. The van der Waals surface area contributed by atoms with Gasteiger partial charge in [-0.05, 0) is 24.3 Å². The smallest absolute Gasteiger partial charge is 0.417 e. The molecule has 8 nitrogen and oxygen atoms in total. The highest BCUT2D eigenvalue weighted by Crippen LogP contribution is 2.25. The summed E-state index contributed by atoms with van der Waals surface area (Å²) in [6, 6.07) is 6.88. The van der Waals surface area contributed by atoms with E-state index in [4.69, 9.17) is 20.9 Å². The largest absolute Gasteiger partial charge is 0.425 e. The average molecular weight is 324 g/mol. The number of benzene rings is 1. The topological polar surface area (TPSA) is 94.8 Å². The normalized spacial score (nSPS) is 17.4. The fourth-order valence-corrected chi connectivity index (χ4v) is 2.11. The number of hydrogen-bond donors (Lipinski definition) is 0. The van der Waals surface area contributed by atoms with Crippen LogP contribution in [-0.2, 0) is 20.1 Å². The van der Waals surface area contributed by atoms with E-state index in [9.17, 15) is 9.59 Å². The first-order valence-corrected chi connectivity index (χ1v) is 6.81. The minimum atomic E-state index is -0.895. The van der Waals surface area contributed by atoms with E-state index in [1.54, 1.807) is 24.3 Å². The van der Waals surface area contributed by atoms with Crippen LogP contribution < -0.4 is 4.90 Å². The molecule has 1 aliphatic heterocycles. The molecule has 1 amide bonds. The number of aromatic nitrogens is 2. The first-order chi connectivity index (χ1) is 10.7. The standard InChI is InChI=1S/C13H10ClN3O5/c14-5-10-15-12(16-22-10)8-1-3-9(4-2-8)17-6-11(20-7-18)21-13(17)19/h1-4,7,11H,5-6H2. The predicted octanol–water partition coefficient (Wildman–Crippen LogP) is 1.93. The number of ether oxygens (including phenoxy) is 2. The van der Waals surface area contributed by atoms with Crippen molar-refractivity contribution in [1.29, 1.82) is 0 Å². The van der Waals surface area contributed by atoms with Crippen LogP contribution in [0.3, 0.4) is 0 Å². The summed E-state index contributed by atoms with van der Waals surface area (Å²) < 4.78 is 14.4. The number of alkyl halides is 1. The molecule has 1 unspecified atom stereocenters. The summed E-state index contributed by atoms with van der Waals surface area (Å²) in [7, 11) is 0. The maximum atomic E-state index is 11.7. The number of cyclic esters (lactones) is 1. The van der Waals surface area contributed by atoms with Gasteiger partial charge in [-0.25, -0.2) is 4.79 Å². The molecule has 1 saturated heterocycles. The summed E-state index contributed by atoms with van der Waals surface area (Å²) in [5.74, 6) is 0.883. The number of nitrogens with zero attached hydrogens (tertiary/aromatic N) is 3. The highest BCUT2D eigenvalue weighted by molar-refractivity contribution is 6.16. The van der Waals surface area contributed by atoms with Crippen molar-refractivity contribution in [2.45, 2.75) is 12.2 Å². The third kappa shape index (κ3) is 2.73. The van der Waals surface area contributed by atoms with Crippen LogP contribution in [-0.4, -0.2) is 35.5 Å². The molecular weight excluding hydrogens is 314 g/mol. The van der Waals surface area contributed by atoms with Gasteiger partial charge in [-0.1, -0.05) is 5.16 Å². The molecule has 9 heteroatoms. The Morgan fingerprint density at radius 3 is 2.82 bits per heavy atom. The Bertz CT molecular complexity index is 687. The van der Waals surface area contributed by atoms with E-state index in [0.29, 0.717) is 17.4 Å². The molecule has 114 valence electrons. The fraction of sp³-hybridized carbons (Fsp3) is 0.231. The van der Waals surface area contributed by atoms with Gasteiger partial charge in [0.2, 0.25) is 11.7 Å². The predicted molar refractivity (Wildman–Crippen MR) is 74.1 cm³/mol. The Kier molecular flexibility index (Phi) is 3.92. The van der Waals surface area contributed by atoms with E-state index in [1.165, 1.54) is 4.90 Å². The van der Waals surface area contributed by atoms with Crippen LogP contribution in [0.1, 0.15) is 5.89 Å². The number of rotatable bonds is 5. The monoisotopic (exact) mass is 323 g/mol. The van der Waals surface area contributed by atoms with Gasteiger partial charge >= 0.3 is 6.09 Å². The molecule has 0 N–H and O–H groups in total. The van der Waals surface area contributed by atoms with Gasteiger partial charge in [-0.2, -0.15) is 4.98 Å². The average Bonchev–Trinajstić information content (AvgIpc) is 3.14. The second-order valence-corrected chi connectivity index (χ2v) is 4.62. The molecule has 2 aromatic rings. The first kappa shape index (κ1) is 14.3. The van der Waals surface area contributed by atoms with E-state index in [-0.39, 0.29) is 18.9 Å². The van der Waals surface area contributed by atoms with Gasteiger partial charge in [-0.3, -0.25) is 9.69 Å². The van der Waals surface area contributed by atoms with E-state index in [0.717, 1.165) is 5.56 Å². The molecule has 1 atom stereocenters. The van der Waals surface area contributed by atoms with Crippen molar-refractivity contribution in [2.24, 2.45) is 0 Å². The van der Waals surface area contributed by atoms with Crippen molar-refractivity contribution >= 4 is 29.9 Å². The molecule has 1 aromatic heterocycles. The van der Waals surface area contributed by atoms with Crippen LogP contribution in [0.5, 0.6) is 0 Å². The van der Waals surface area contributed by atoms with Gasteiger partial charge in [0.1, 0.15) is 12.4 Å². The Hall–Kier alpha value is -2.61. The van der Waals surface area contributed by atoms with Crippen LogP contribution in [0.2, 0.25) is 0 Å². The molecular formula is C13H10ClN3O5. The van der Waals surface area contributed by atoms with E-state index in [1.807, 2.05) is 0 Å². The van der Waals surface area contributed by atoms with Crippen molar-refractivity contribution in [2.75, 3.05) is 11.4 Å². The molecule has 0 spiro atoms. The minimum absolute atomic E-state index is 0.134. The van der Waals surface area contributed by atoms with Gasteiger partial charge in [0.05, 0.1) is 0 Å². The molecule has 1 aliphatic rings. The van der Waals surface area contributed by atoms with Crippen LogP contribution in [0.15, 0.2) is 28.8 Å². The summed E-state index contributed by atoms with van der Waals surface area (Å²) >= 11 is 5.60. The van der Waals surface area contributed by atoms with E-state index < -0.39 is 12.4 Å². The second kappa shape index (κ2) is 6.02. The number of hydrogen-bond acceptors (Lipinski definition) is 7. The number of carbonyl (C=O) groups excluding carboxylic acids is 2. The van der Waals surface area contributed by atoms with Gasteiger partial charge in [0.15, 0.2) is 0 Å². The zero-order valence-electron chi connectivity index (χ0n) is 11.1. The SMILES string of the molecule is O=COC1CN(c2ccc(-c3noc(CCl)n3)cc2)C(=O)O1. The first-order valence-electron chi connectivity index (χ1n) is 6.27. The lowest BCUT2D eigenvalue weighted by molar-refractivity contribution is -0.146. The number of carbonyl (C=O) groups is 2. The highest BCUT2D eigenvalue weighted by Gasteiger charge is 2.33. The molecule has 0 radical (unpaired) electrons. The Morgan fingerprint density at radius 2 is 2.18 bits per heavy atom. The lowest BCUT2D eigenvalue weighted by Crippen LogP contribution is -2.24. The lowest BCUT2D eigenvalue weighted by atomic mass is 10.2. The molecule has 2 heterocycles. The van der Waals surface area contributed by atoms with Crippen molar-refractivity contribution in [3.8, 4) is 11.4 Å². The molecule has 0 saturated carbocycles. The lowest BCUT2D eigenvalue weighted by Gasteiger charge is -2.12. The molecule has 0 bridgehead atoms. The molecule has 1 aromatic carbocycles. The Labute approximate surface area is 129 Å². The maximum absolute atomic E-state index is 11.7. The van der Waals surface area contributed by atoms with Crippen molar-refractivity contribution in [1.82, 2.24) is 10.1 Å². The molecule has 0 aliphatic carbocycles. The summed E-state index contributed by atoms with van der Waals surface area (Å²) in [5, 5.41) is 3.80. The maximum Gasteiger partial charge on any atom is 0.417 e. The summed E-state index contributed by atoms with van der Waals surface area (Å²) in [5.41, 5.74) is 1.32. The molecule has 3 rings (SSSR count). The van der Waals surface area contributed by atoms with Crippen molar-refractivity contribution in [3.63, 3.8) is 0 Å². The Morgan fingerprint density at radius 1 is 1.41 bits per heavy atom. The van der Waals surface area contributed by atoms with Gasteiger partial charge in [0, 0.05) is 11.3 Å². The van der Waals surface area contributed by atoms with E-state index in [2.05, 4.69) is 14.9 Å². The van der Waals surface area contributed by atoms with Crippen LogP contribution in [0.4, 0.5) is 10.5 Å². The summed E-state index contributed by atoms with van der Waals surface area (Å²) in [4.78, 5) is 27.4. The van der Waals surface area contributed by atoms with Crippen LogP contribution in [0, 0.1) is 0 Å². The number of anilines is 1. The fourth-order valence-electron chi connectivity index (χ4n) is 2.00. The van der Waals surface area contributed by atoms with Gasteiger partial charge in [0.25, 0.3) is 12.8 Å². The van der Waals surface area contributed by atoms with Gasteiger partial charge in [-0.15, -0.1) is 11.6 Å². The zero-order valence-corrected chi connectivity index (χ0v) is 11.9. The molecule has 22 heavy (non-hydrogen) atoms. The quantitative estimate of drug-likeness (QED) is 0.612. The van der Waals surface area contributed by atoms with Crippen LogP contribution >= 0.6 is 11.6 Å². The van der Waals surface area contributed by atoms with Gasteiger partial charge < -0.3 is 14.0 Å². The minimum Gasteiger partial charge on any atom is -0.425 e. The Balaban J connectivity index is 1.76. The third-order valence-electron chi connectivity index (χ3n) is 3.01. The summed E-state index contributed by atoms with van der Waals surface area (Å²) in [6.45, 7) is 0.380. The van der Waals surface area contributed by atoms with Crippen molar-refractivity contribution in [3.05, 3.63) is 30.2 Å². The zero-order chi connectivity index (χ0) is 15.5.